The Morgan fingerprint density at radius 2 is 1.21 bits per heavy atom. The Morgan fingerprint density at radius 3 is 1.88 bits per heavy atom. The minimum absolute atomic E-state index is 0.0793. The normalized spacial score (nSPS) is 12.7. The molecule has 164 valence electrons. The van der Waals surface area contributed by atoms with Crippen LogP contribution in [0.25, 0.3) is 22.0 Å². The van der Waals surface area contributed by atoms with Crippen molar-refractivity contribution in [2.24, 2.45) is 5.41 Å². The van der Waals surface area contributed by atoms with Gasteiger partial charge in [0, 0.05) is 29.6 Å². The molecule has 0 amide bonds. The summed E-state index contributed by atoms with van der Waals surface area (Å²) in [7, 11) is 0. The van der Waals surface area contributed by atoms with Crippen molar-refractivity contribution in [3.63, 3.8) is 0 Å². The molecule has 0 fully saturated rings. The molecule has 5 rings (SSSR count). The van der Waals surface area contributed by atoms with Gasteiger partial charge in [-0.3, -0.25) is 0 Å². The standard InChI is InChI=1S/C32H31N/c1-32(2,3)31(27-20-18-26(19-21-27)25-14-8-5-9-15-25)29-23-33(22-24-12-6-4-7-13-24)30-17-11-10-16-28(29)30/h4-21,23,31H,22H2,1-3H3. The smallest absolute Gasteiger partial charge is 0.0486 e. The minimum atomic E-state index is 0.0793. The van der Waals surface area contributed by atoms with Crippen molar-refractivity contribution >= 4 is 10.9 Å². The van der Waals surface area contributed by atoms with Crippen molar-refractivity contribution in [1.29, 1.82) is 0 Å². The topological polar surface area (TPSA) is 4.93 Å². The van der Waals surface area contributed by atoms with Crippen LogP contribution in [0.1, 0.15) is 43.4 Å². The molecule has 0 spiro atoms. The van der Waals surface area contributed by atoms with Crippen LogP contribution in [-0.4, -0.2) is 4.57 Å². The third kappa shape index (κ3) is 4.36. The van der Waals surface area contributed by atoms with Crippen molar-refractivity contribution in [1.82, 2.24) is 4.57 Å². The number of fused-ring (bicyclic) bond motifs is 1. The lowest BCUT2D eigenvalue weighted by Crippen LogP contribution is -2.19. The highest BCUT2D eigenvalue weighted by molar-refractivity contribution is 5.85. The first-order valence-corrected chi connectivity index (χ1v) is 11.8. The van der Waals surface area contributed by atoms with Gasteiger partial charge in [-0.15, -0.1) is 0 Å². The molecule has 1 aromatic heterocycles. The highest BCUT2D eigenvalue weighted by Gasteiger charge is 2.30. The number of nitrogens with zero attached hydrogens (tertiary/aromatic N) is 1. The summed E-state index contributed by atoms with van der Waals surface area (Å²) in [4.78, 5) is 0. The second-order valence-electron chi connectivity index (χ2n) is 10.0. The largest absolute Gasteiger partial charge is 0.343 e. The molecule has 0 aliphatic heterocycles. The van der Waals surface area contributed by atoms with E-state index in [9.17, 15) is 0 Å². The molecule has 33 heavy (non-hydrogen) atoms. The number of benzene rings is 4. The Morgan fingerprint density at radius 1 is 0.636 bits per heavy atom. The molecule has 0 aliphatic rings. The Bertz CT molecular complexity index is 1340. The molecule has 1 atom stereocenters. The third-order valence-electron chi connectivity index (χ3n) is 6.54. The zero-order valence-corrected chi connectivity index (χ0v) is 19.7. The molecule has 0 aliphatic carbocycles. The molecular formula is C32H31N. The minimum Gasteiger partial charge on any atom is -0.343 e. The summed E-state index contributed by atoms with van der Waals surface area (Å²) < 4.78 is 2.41. The van der Waals surface area contributed by atoms with Crippen molar-refractivity contribution in [2.75, 3.05) is 0 Å². The SMILES string of the molecule is CC(C)(C)C(c1ccc(-c2ccccc2)cc1)c1cn(Cc2ccccc2)c2ccccc12. The number of rotatable bonds is 5. The zero-order chi connectivity index (χ0) is 22.8. The Hall–Kier alpha value is -3.58. The summed E-state index contributed by atoms with van der Waals surface area (Å²) in [5.74, 6) is 0.296. The Labute approximate surface area is 197 Å². The molecule has 1 nitrogen and oxygen atoms in total. The van der Waals surface area contributed by atoms with Crippen LogP contribution >= 0.6 is 0 Å². The Kier molecular flexibility index (Phi) is 5.64. The number of hydrogen-bond acceptors (Lipinski definition) is 0. The summed E-state index contributed by atoms with van der Waals surface area (Å²) in [6.07, 6.45) is 2.39. The lowest BCUT2D eigenvalue weighted by molar-refractivity contribution is 0.360. The van der Waals surface area contributed by atoms with Crippen LogP contribution in [0.4, 0.5) is 0 Å². The van der Waals surface area contributed by atoms with Crippen LogP contribution in [0, 0.1) is 5.41 Å². The number of para-hydroxylation sites is 1. The van der Waals surface area contributed by atoms with Gasteiger partial charge in [-0.2, -0.15) is 0 Å². The van der Waals surface area contributed by atoms with E-state index in [1.54, 1.807) is 0 Å². The maximum atomic E-state index is 2.41. The predicted molar refractivity (Wildman–Crippen MR) is 141 cm³/mol. The van der Waals surface area contributed by atoms with E-state index in [0.717, 1.165) is 6.54 Å². The van der Waals surface area contributed by atoms with Gasteiger partial charge in [0.1, 0.15) is 0 Å². The van der Waals surface area contributed by atoms with Crippen molar-refractivity contribution < 1.29 is 0 Å². The van der Waals surface area contributed by atoms with Crippen LogP contribution in [0.2, 0.25) is 0 Å². The van der Waals surface area contributed by atoms with E-state index in [2.05, 4.69) is 141 Å². The number of hydrogen-bond donors (Lipinski definition) is 0. The van der Waals surface area contributed by atoms with Crippen molar-refractivity contribution in [3.05, 3.63) is 132 Å². The first-order valence-electron chi connectivity index (χ1n) is 11.8. The molecule has 1 heterocycles. The summed E-state index contributed by atoms with van der Waals surface area (Å²) in [6, 6.07) is 39.4. The molecule has 0 saturated carbocycles. The van der Waals surface area contributed by atoms with Gasteiger partial charge in [0.15, 0.2) is 0 Å². The quantitative estimate of drug-likeness (QED) is 0.264. The van der Waals surface area contributed by atoms with Gasteiger partial charge in [-0.05, 0) is 39.3 Å². The van der Waals surface area contributed by atoms with Crippen molar-refractivity contribution in [3.8, 4) is 11.1 Å². The van der Waals surface area contributed by atoms with Gasteiger partial charge >= 0.3 is 0 Å². The Balaban J connectivity index is 1.59. The van der Waals surface area contributed by atoms with Gasteiger partial charge in [0.05, 0.1) is 0 Å². The van der Waals surface area contributed by atoms with E-state index in [1.807, 2.05) is 0 Å². The number of aromatic nitrogens is 1. The van der Waals surface area contributed by atoms with E-state index < -0.39 is 0 Å². The van der Waals surface area contributed by atoms with E-state index in [4.69, 9.17) is 0 Å². The van der Waals surface area contributed by atoms with Gasteiger partial charge < -0.3 is 4.57 Å². The second kappa shape index (κ2) is 8.75. The average molecular weight is 430 g/mol. The molecule has 1 unspecified atom stereocenters. The molecular weight excluding hydrogens is 398 g/mol. The van der Waals surface area contributed by atoms with Gasteiger partial charge in [0.25, 0.3) is 0 Å². The summed E-state index contributed by atoms with van der Waals surface area (Å²) >= 11 is 0. The molecule has 0 N–H and O–H groups in total. The van der Waals surface area contributed by atoms with Crippen LogP contribution < -0.4 is 0 Å². The highest BCUT2D eigenvalue weighted by atomic mass is 15.0. The fourth-order valence-corrected chi connectivity index (χ4v) is 5.06. The molecule has 0 radical (unpaired) electrons. The lowest BCUT2D eigenvalue weighted by Gasteiger charge is -2.31. The summed E-state index contributed by atoms with van der Waals surface area (Å²) in [5.41, 5.74) is 7.99. The fraction of sp³-hybridized carbons (Fsp3) is 0.188. The predicted octanol–water partition coefficient (Wildman–Crippen LogP) is 8.53. The van der Waals surface area contributed by atoms with Crippen molar-refractivity contribution in [2.45, 2.75) is 33.2 Å². The van der Waals surface area contributed by atoms with E-state index >= 15 is 0 Å². The van der Waals surface area contributed by atoms with Crippen LogP contribution in [0.5, 0.6) is 0 Å². The van der Waals surface area contributed by atoms with Crippen LogP contribution in [0.15, 0.2) is 115 Å². The molecule has 0 bridgehead atoms. The van der Waals surface area contributed by atoms with E-state index in [0.29, 0.717) is 5.92 Å². The van der Waals surface area contributed by atoms with E-state index in [-0.39, 0.29) is 5.41 Å². The molecule has 4 aromatic carbocycles. The molecule has 1 heteroatoms. The third-order valence-corrected chi connectivity index (χ3v) is 6.54. The zero-order valence-electron chi connectivity index (χ0n) is 19.7. The molecule has 5 aromatic rings. The summed E-state index contributed by atoms with van der Waals surface area (Å²) in [5, 5.41) is 1.35. The maximum Gasteiger partial charge on any atom is 0.0486 e. The van der Waals surface area contributed by atoms with Gasteiger partial charge in [0.2, 0.25) is 0 Å². The first kappa shape index (κ1) is 21.3. The average Bonchev–Trinajstić information content (AvgIpc) is 3.18. The van der Waals surface area contributed by atoms with E-state index in [1.165, 1.54) is 38.7 Å². The second-order valence-corrected chi connectivity index (χ2v) is 10.0. The maximum absolute atomic E-state index is 2.41. The first-order chi connectivity index (χ1) is 16.0. The van der Waals surface area contributed by atoms with Crippen LogP contribution in [-0.2, 0) is 6.54 Å². The fourth-order valence-electron chi connectivity index (χ4n) is 5.06. The van der Waals surface area contributed by atoms with Crippen LogP contribution in [0.3, 0.4) is 0 Å². The van der Waals surface area contributed by atoms with Gasteiger partial charge in [-0.25, -0.2) is 0 Å². The molecule has 0 saturated heterocycles. The summed E-state index contributed by atoms with van der Waals surface area (Å²) in [6.45, 7) is 7.94. The lowest BCUT2D eigenvalue weighted by atomic mass is 9.72. The van der Waals surface area contributed by atoms with Gasteiger partial charge in [-0.1, -0.05) is 124 Å². The highest BCUT2D eigenvalue weighted by Crippen LogP contribution is 2.44. The monoisotopic (exact) mass is 429 g/mol.